The first-order chi connectivity index (χ1) is 29.9. The third kappa shape index (κ3) is 8.58. The lowest BCUT2D eigenvalue weighted by Crippen LogP contribution is -2.54. The maximum Gasteiger partial charge on any atom is 0.278 e. The summed E-state index contributed by atoms with van der Waals surface area (Å²) in [6.45, 7) is 12.8. The van der Waals surface area contributed by atoms with Gasteiger partial charge in [0.15, 0.2) is 11.5 Å². The molecule has 8 rings (SSSR count). The van der Waals surface area contributed by atoms with Crippen molar-refractivity contribution in [3.63, 3.8) is 0 Å². The molecule has 1 unspecified atom stereocenters. The maximum atomic E-state index is 13.4. The van der Waals surface area contributed by atoms with Gasteiger partial charge in [-0.05, 0) is 88.2 Å². The molecule has 0 bridgehead atoms. The van der Waals surface area contributed by atoms with Crippen LogP contribution in [-0.2, 0) is 21.7 Å². The number of carbonyl (C=O) groups excluding carboxylic acids is 4. The van der Waals surface area contributed by atoms with E-state index in [1.165, 1.54) is 10.9 Å². The van der Waals surface area contributed by atoms with Gasteiger partial charge in [0.05, 0.1) is 23.4 Å². The Morgan fingerprint density at radius 1 is 0.903 bits per heavy atom. The number of allylic oxidation sites excluding steroid dienone is 1. The second-order valence-electron chi connectivity index (χ2n) is 16.4. The van der Waals surface area contributed by atoms with Crippen LogP contribution in [0.4, 0.5) is 23.0 Å². The van der Waals surface area contributed by atoms with Gasteiger partial charge in [-0.25, -0.2) is 19.3 Å². The molecule has 0 spiro atoms. The van der Waals surface area contributed by atoms with Crippen LogP contribution in [0.5, 0.6) is 0 Å². The van der Waals surface area contributed by atoms with E-state index >= 15 is 0 Å². The predicted octanol–water partition coefficient (Wildman–Crippen LogP) is 4.33. The van der Waals surface area contributed by atoms with Crippen LogP contribution in [0, 0.1) is 0 Å². The number of hydrogen-bond acceptors (Lipinski definition) is 13. The highest BCUT2D eigenvalue weighted by Gasteiger charge is 2.45. The van der Waals surface area contributed by atoms with Crippen LogP contribution in [-0.4, -0.2) is 108 Å². The molecule has 2 saturated heterocycles. The number of aliphatic hydroxyl groups is 1. The molecule has 0 aliphatic carbocycles. The highest BCUT2D eigenvalue weighted by Crippen LogP contribution is 2.33. The Balaban J connectivity index is 0.789. The van der Waals surface area contributed by atoms with E-state index in [0.29, 0.717) is 40.7 Å². The molecule has 3 aliphatic rings. The van der Waals surface area contributed by atoms with Gasteiger partial charge in [-0.15, -0.1) is 6.58 Å². The summed E-state index contributed by atoms with van der Waals surface area (Å²) in [6, 6.07) is 17.6. The Hall–Kier alpha value is -6.72. The van der Waals surface area contributed by atoms with Gasteiger partial charge in [0, 0.05) is 62.4 Å². The molecule has 3 aromatic heterocycles. The van der Waals surface area contributed by atoms with Crippen molar-refractivity contribution in [2.45, 2.75) is 70.6 Å². The molecule has 5 aromatic rings. The normalized spacial score (nSPS) is 17.1. The summed E-state index contributed by atoms with van der Waals surface area (Å²) < 4.78 is 3.14. The molecule has 17 nitrogen and oxygen atoms in total. The maximum absolute atomic E-state index is 13.4. The van der Waals surface area contributed by atoms with E-state index in [2.05, 4.69) is 54.4 Å². The van der Waals surface area contributed by atoms with Crippen molar-refractivity contribution >= 4 is 57.7 Å². The van der Waals surface area contributed by atoms with E-state index in [1.54, 1.807) is 61.0 Å². The molecule has 62 heavy (non-hydrogen) atoms. The number of amides is 4. The summed E-state index contributed by atoms with van der Waals surface area (Å²) in [5.41, 5.74) is 2.47. The number of fused-ring (bicyclic) bond motifs is 2. The van der Waals surface area contributed by atoms with Gasteiger partial charge in [0.25, 0.3) is 17.4 Å². The molecular formula is C45H51N11O6. The molecule has 2 fully saturated rings. The van der Waals surface area contributed by atoms with E-state index in [4.69, 9.17) is 4.98 Å². The zero-order valence-electron chi connectivity index (χ0n) is 35.0. The highest BCUT2D eigenvalue weighted by atomic mass is 16.3. The van der Waals surface area contributed by atoms with Crippen molar-refractivity contribution in [2.75, 3.05) is 54.8 Å². The molecular weight excluding hydrogens is 791 g/mol. The molecule has 2 aromatic carbocycles. The van der Waals surface area contributed by atoms with Crippen LogP contribution in [0.25, 0.3) is 16.9 Å². The summed E-state index contributed by atoms with van der Waals surface area (Å²) >= 11 is 0. The Kier molecular flexibility index (Phi) is 12.0. The minimum Gasteiger partial charge on any atom is -0.384 e. The zero-order chi connectivity index (χ0) is 43.5. The fraction of sp³-hybridized carbons (Fsp3) is 0.378. The number of piperidine rings is 1. The van der Waals surface area contributed by atoms with Crippen LogP contribution in [0.1, 0.15) is 78.8 Å². The number of benzene rings is 2. The monoisotopic (exact) mass is 841 g/mol. The molecule has 4 N–H and O–H groups in total. The first-order valence-corrected chi connectivity index (χ1v) is 21.1. The van der Waals surface area contributed by atoms with E-state index in [1.807, 2.05) is 12.1 Å². The number of unbranched alkanes of at least 4 members (excludes halogenated alkanes) is 3. The SMILES string of the molecule is C=CCn1c(=O)c2cnc(Nc3ccc(N4CCN(CCCCCCNc5cccc6c5C(=O)N(C5CCC(=O)NC5=O)C6=O)CC4)cc3)nc2n1-c1cccc(C(C)(C)O)n1. The first-order valence-electron chi connectivity index (χ1n) is 21.1. The lowest BCUT2D eigenvalue weighted by molar-refractivity contribution is -0.136. The van der Waals surface area contributed by atoms with E-state index < -0.39 is 35.3 Å². The summed E-state index contributed by atoms with van der Waals surface area (Å²) in [5.74, 6) is -1.26. The second-order valence-corrected chi connectivity index (χ2v) is 16.4. The lowest BCUT2D eigenvalue weighted by atomic mass is 10.0. The van der Waals surface area contributed by atoms with Gasteiger partial charge < -0.3 is 20.6 Å². The largest absolute Gasteiger partial charge is 0.384 e. The van der Waals surface area contributed by atoms with Crippen LogP contribution < -0.4 is 26.4 Å². The third-order valence-electron chi connectivity index (χ3n) is 11.6. The van der Waals surface area contributed by atoms with Crippen LogP contribution in [0.2, 0.25) is 0 Å². The van der Waals surface area contributed by atoms with Crippen LogP contribution >= 0.6 is 0 Å². The number of rotatable bonds is 16. The molecule has 3 aliphatic heterocycles. The average Bonchev–Trinajstić information content (AvgIpc) is 3.68. The molecule has 0 saturated carbocycles. The van der Waals surface area contributed by atoms with Gasteiger partial charge in [0.1, 0.15) is 17.0 Å². The molecule has 1 atom stereocenters. The average molecular weight is 842 g/mol. The van der Waals surface area contributed by atoms with Crippen molar-refractivity contribution in [2.24, 2.45) is 0 Å². The van der Waals surface area contributed by atoms with Crippen molar-refractivity contribution in [1.29, 1.82) is 0 Å². The summed E-state index contributed by atoms with van der Waals surface area (Å²) in [7, 11) is 0. The molecule has 6 heterocycles. The van der Waals surface area contributed by atoms with Gasteiger partial charge >= 0.3 is 0 Å². The number of imide groups is 2. The number of piperazine rings is 1. The zero-order valence-corrected chi connectivity index (χ0v) is 35.0. The smallest absolute Gasteiger partial charge is 0.278 e. The standard InChI is InChI=1S/C45H51N11O6/c1-4-22-54-41(59)32-28-47-44(51-39(32)56(54)36-14-10-13-35(49-36)45(2,3)62)48-29-15-17-30(18-16-29)53-26-24-52(25-27-53)23-8-6-5-7-21-46-33-12-9-11-31-38(33)43(61)55(42(31)60)34-19-20-37(57)50-40(34)58/h4,9-18,28,34,46,62H,1,5-8,19-27H2,2-3H3,(H,47,48,51)(H,50,57,58). The number of aromatic nitrogens is 5. The minimum absolute atomic E-state index is 0.0833. The fourth-order valence-electron chi connectivity index (χ4n) is 8.30. The summed E-state index contributed by atoms with van der Waals surface area (Å²) in [5, 5.41) is 19.8. The molecule has 322 valence electrons. The Bertz CT molecular complexity index is 2590. The van der Waals surface area contributed by atoms with E-state index in [9.17, 15) is 29.1 Å². The first kappa shape index (κ1) is 42.0. The van der Waals surface area contributed by atoms with Crippen molar-refractivity contribution in [3.8, 4) is 5.82 Å². The number of nitrogens with zero attached hydrogens (tertiary/aromatic N) is 8. The Morgan fingerprint density at radius 3 is 2.40 bits per heavy atom. The van der Waals surface area contributed by atoms with Crippen molar-refractivity contribution in [1.82, 2.24) is 39.4 Å². The Labute approximate surface area is 358 Å². The third-order valence-corrected chi connectivity index (χ3v) is 11.6. The second kappa shape index (κ2) is 17.7. The molecule has 17 heteroatoms. The predicted molar refractivity (Wildman–Crippen MR) is 235 cm³/mol. The Morgan fingerprint density at radius 2 is 1.66 bits per heavy atom. The lowest BCUT2D eigenvalue weighted by Gasteiger charge is -2.36. The minimum atomic E-state index is -1.18. The quantitative estimate of drug-likeness (QED) is 0.0623. The molecule has 0 radical (unpaired) electrons. The van der Waals surface area contributed by atoms with Gasteiger partial charge in [0.2, 0.25) is 17.8 Å². The van der Waals surface area contributed by atoms with Gasteiger partial charge in [-0.3, -0.25) is 39.1 Å². The van der Waals surface area contributed by atoms with Crippen molar-refractivity contribution < 1.29 is 24.3 Å². The summed E-state index contributed by atoms with van der Waals surface area (Å²) in [6.07, 6.45) is 7.44. The fourth-order valence-corrected chi connectivity index (χ4v) is 8.30. The van der Waals surface area contributed by atoms with Gasteiger partial charge in [-0.1, -0.05) is 31.1 Å². The number of carbonyl (C=O) groups is 4. The van der Waals surface area contributed by atoms with Gasteiger partial charge in [-0.2, -0.15) is 4.98 Å². The number of anilines is 4. The highest BCUT2D eigenvalue weighted by molar-refractivity contribution is 6.25. The van der Waals surface area contributed by atoms with E-state index in [0.717, 1.165) is 74.7 Å². The van der Waals surface area contributed by atoms with Crippen LogP contribution in [0.15, 0.2) is 84.3 Å². The van der Waals surface area contributed by atoms with E-state index in [-0.39, 0.29) is 36.1 Å². The number of hydrogen-bond donors (Lipinski definition) is 4. The van der Waals surface area contributed by atoms with Crippen LogP contribution in [0.3, 0.4) is 0 Å². The number of nitrogens with one attached hydrogen (secondary N) is 3. The topological polar surface area (TPSA) is 200 Å². The van der Waals surface area contributed by atoms with Crippen molar-refractivity contribution in [3.05, 3.63) is 107 Å². The summed E-state index contributed by atoms with van der Waals surface area (Å²) in [4.78, 5) is 83.6. The number of pyridine rings is 1. The molecule has 4 amide bonds.